The Bertz CT molecular complexity index is 1900. The zero-order chi connectivity index (χ0) is 36.3. The summed E-state index contributed by atoms with van der Waals surface area (Å²) in [6.45, 7) is 7.17. The van der Waals surface area contributed by atoms with E-state index in [2.05, 4.69) is 38.2 Å². The number of benzene rings is 2. The number of carbonyl (C=O) groups is 2. The van der Waals surface area contributed by atoms with Crippen molar-refractivity contribution in [3.05, 3.63) is 74.5 Å². The van der Waals surface area contributed by atoms with Crippen molar-refractivity contribution in [2.24, 2.45) is 11.8 Å². The van der Waals surface area contributed by atoms with Crippen molar-refractivity contribution >= 4 is 90.7 Å². The number of rotatable bonds is 8. The average Bonchev–Trinajstić information content (AvgIpc) is 3.97. The molecule has 2 aliphatic carbocycles. The number of anilines is 2. The lowest BCUT2D eigenvalue weighted by Gasteiger charge is -2.19. The van der Waals surface area contributed by atoms with Gasteiger partial charge in [0.15, 0.2) is 0 Å². The standard InChI is InChI=1S/C16H16IN3O4.C12H12IN3O3.C4H5ClO.CH4/c1-8-14(9(2)24-18-8)11-6-12(17)15(13(7-11)20(22)23)19(3)16(21)10-4-5-10;1-6-11(7(2)19-15-6)8-4-9(13)12(14-3)10(5-8)16(17)18;5-4(6)3-1-2-3;/h6-7,10H,4-5H2,1-3H3;4-5,14H,1-3H3;3H,1-2H2;1H4. The molecule has 50 heavy (non-hydrogen) atoms. The SMILES string of the molecule is C.CNc1c(I)cc(-c2c(C)noc2C)cc1[N+](=O)[O-].Cc1noc(C)c1-c1cc(I)c(N(C)C(=O)C2CC2)c([N+](=O)[O-])c1.O=C(Cl)C1CC1. The summed E-state index contributed by atoms with van der Waals surface area (Å²) in [5.41, 5.74) is 5.17. The molecule has 1 N–H and O–H groups in total. The van der Waals surface area contributed by atoms with Gasteiger partial charge in [0.2, 0.25) is 11.1 Å². The zero-order valence-corrected chi connectivity index (χ0v) is 32.5. The van der Waals surface area contributed by atoms with Gasteiger partial charge in [0.25, 0.3) is 11.4 Å². The summed E-state index contributed by atoms with van der Waals surface area (Å²) in [6, 6.07) is 6.74. The van der Waals surface area contributed by atoms with Crippen molar-refractivity contribution in [2.45, 2.75) is 60.8 Å². The monoisotopic (exact) mass is 934 g/mol. The molecule has 17 heteroatoms. The van der Waals surface area contributed by atoms with Crippen LogP contribution in [0.3, 0.4) is 0 Å². The van der Waals surface area contributed by atoms with Gasteiger partial charge >= 0.3 is 0 Å². The summed E-state index contributed by atoms with van der Waals surface area (Å²) in [5, 5.41) is 33.2. The number of halogens is 3. The summed E-state index contributed by atoms with van der Waals surface area (Å²) in [6.07, 6.45) is 3.74. The lowest BCUT2D eigenvalue weighted by atomic mass is 10.0. The van der Waals surface area contributed by atoms with E-state index in [0.717, 1.165) is 51.6 Å². The molecule has 14 nitrogen and oxygen atoms in total. The Labute approximate surface area is 321 Å². The summed E-state index contributed by atoms with van der Waals surface area (Å²) in [7, 11) is 3.26. The van der Waals surface area contributed by atoms with Crippen LogP contribution in [0, 0.1) is 66.9 Å². The van der Waals surface area contributed by atoms with Crippen LogP contribution >= 0.6 is 56.8 Å². The minimum absolute atomic E-state index is 0. The fraction of sp³-hybridized carbons (Fsp3) is 0.394. The zero-order valence-electron chi connectivity index (χ0n) is 27.4. The maximum Gasteiger partial charge on any atom is 0.294 e. The van der Waals surface area contributed by atoms with Crippen LogP contribution in [-0.2, 0) is 9.59 Å². The average molecular weight is 935 g/mol. The first-order valence-corrected chi connectivity index (χ1v) is 17.6. The van der Waals surface area contributed by atoms with Gasteiger partial charge in [-0.2, -0.15) is 0 Å². The van der Waals surface area contributed by atoms with Crippen molar-refractivity contribution in [3.63, 3.8) is 0 Å². The van der Waals surface area contributed by atoms with E-state index < -0.39 is 9.85 Å². The molecule has 0 bridgehead atoms. The second-order valence-electron chi connectivity index (χ2n) is 11.6. The van der Waals surface area contributed by atoms with E-state index in [0.29, 0.717) is 37.7 Å². The smallest absolute Gasteiger partial charge is 0.294 e. The second kappa shape index (κ2) is 17.0. The van der Waals surface area contributed by atoms with Crippen LogP contribution in [-0.4, -0.2) is 45.4 Å². The highest BCUT2D eigenvalue weighted by atomic mass is 127. The number of carbonyl (C=O) groups excluding carboxylic acids is 2. The Morgan fingerprint density at radius 3 is 1.62 bits per heavy atom. The topological polar surface area (TPSA) is 188 Å². The van der Waals surface area contributed by atoms with Crippen LogP contribution in [0.2, 0.25) is 0 Å². The van der Waals surface area contributed by atoms with Gasteiger partial charge in [-0.25, -0.2) is 0 Å². The number of nitrogens with one attached hydrogen (secondary N) is 1. The van der Waals surface area contributed by atoms with Crippen molar-refractivity contribution < 1.29 is 28.5 Å². The fourth-order valence-electron chi connectivity index (χ4n) is 5.14. The normalized spacial score (nSPS) is 13.1. The molecule has 1 amide bonds. The number of nitrogens with zero attached hydrogens (tertiary/aromatic N) is 5. The molecule has 6 rings (SSSR count). The number of amides is 1. The van der Waals surface area contributed by atoms with Gasteiger partial charge in [-0.3, -0.25) is 29.8 Å². The molecule has 0 unspecified atom stereocenters. The highest BCUT2D eigenvalue weighted by Gasteiger charge is 2.36. The Hall–Kier alpha value is -3.65. The Morgan fingerprint density at radius 1 is 0.840 bits per heavy atom. The first-order valence-electron chi connectivity index (χ1n) is 15.0. The maximum absolute atomic E-state index is 12.3. The fourth-order valence-corrected chi connectivity index (χ4v) is 7.22. The molecule has 2 saturated carbocycles. The molecule has 2 fully saturated rings. The molecule has 4 aromatic rings. The van der Waals surface area contributed by atoms with Crippen molar-refractivity contribution in [1.82, 2.24) is 10.3 Å². The molecule has 0 spiro atoms. The van der Waals surface area contributed by atoms with E-state index in [1.165, 1.54) is 11.0 Å². The van der Waals surface area contributed by atoms with E-state index in [1.807, 2.05) is 41.6 Å². The first kappa shape index (κ1) is 40.8. The van der Waals surface area contributed by atoms with Gasteiger partial charge in [0, 0.05) is 56.3 Å². The van der Waals surface area contributed by atoms with Gasteiger partial charge in [-0.05, 0) is 133 Å². The minimum atomic E-state index is -0.449. The molecular weight excluding hydrogens is 898 g/mol. The highest BCUT2D eigenvalue weighted by molar-refractivity contribution is 14.1. The largest absolute Gasteiger partial charge is 0.382 e. The van der Waals surface area contributed by atoms with Crippen LogP contribution in [0.4, 0.5) is 22.7 Å². The number of hydrogen-bond donors (Lipinski definition) is 1. The summed E-state index contributed by atoms with van der Waals surface area (Å²) < 4.78 is 11.7. The van der Waals surface area contributed by atoms with Gasteiger partial charge in [0.1, 0.15) is 22.9 Å². The van der Waals surface area contributed by atoms with Gasteiger partial charge < -0.3 is 19.3 Å². The second-order valence-corrected chi connectivity index (χ2v) is 14.3. The molecular formula is C33H37ClI2N6O8. The van der Waals surface area contributed by atoms with Crippen LogP contribution in [0.1, 0.15) is 56.0 Å². The number of aryl methyl sites for hydroxylation is 4. The molecule has 2 heterocycles. The van der Waals surface area contributed by atoms with E-state index in [4.69, 9.17) is 20.6 Å². The third-order valence-corrected chi connectivity index (χ3v) is 9.87. The number of aromatic nitrogens is 2. The molecule has 2 aromatic carbocycles. The van der Waals surface area contributed by atoms with Gasteiger partial charge in [-0.15, -0.1) is 0 Å². The number of nitro groups is 2. The van der Waals surface area contributed by atoms with Crippen molar-refractivity contribution in [2.75, 3.05) is 24.3 Å². The van der Waals surface area contributed by atoms with Crippen LogP contribution < -0.4 is 10.2 Å². The molecule has 0 saturated heterocycles. The van der Waals surface area contributed by atoms with Gasteiger partial charge in [0.05, 0.1) is 21.2 Å². The van der Waals surface area contributed by atoms with E-state index in [-0.39, 0.29) is 41.8 Å². The molecule has 2 aromatic heterocycles. The molecule has 0 aliphatic heterocycles. The lowest BCUT2D eigenvalue weighted by molar-refractivity contribution is -0.384. The quantitative estimate of drug-likeness (QED) is 0.0768. The Kier molecular flexibility index (Phi) is 13.9. The molecule has 0 radical (unpaired) electrons. The number of nitro benzene ring substituents is 2. The lowest BCUT2D eigenvalue weighted by Crippen LogP contribution is -2.29. The van der Waals surface area contributed by atoms with Crippen LogP contribution in [0.15, 0.2) is 33.3 Å². The highest BCUT2D eigenvalue weighted by Crippen LogP contribution is 2.41. The first-order chi connectivity index (χ1) is 23.1. The van der Waals surface area contributed by atoms with Crippen LogP contribution in [0.25, 0.3) is 22.3 Å². The molecule has 268 valence electrons. The van der Waals surface area contributed by atoms with E-state index >= 15 is 0 Å². The van der Waals surface area contributed by atoms with E-state index in [9.17, 15) is 29.8 Å². The molecule has 0 atom stereocenters. The van der Waals surface area contributed by atoms with Crippen molar-refractivity contribution in [3.8, 4) is 22.3 Å². The van der Waals surface area contributed by atoms with E-state index in [1.54, 1.807) is 40.9 Å². The predicted molar refractivity (Wildman–Crippen MR) is 208 cm³/mol. The number of hydrogen-bond acceptors (Lipinski definition) is 11. The Morgan fingerprint density at radius 2 is 1.28 bits per heavy atom. The Balaban J connectivity index is 0.000000232. The maximum atomic E-state index is 12.3. The van der Waals surface area contributed by atoms with Crippen molar-refractivity contribution in [1.29, 1.82) is 0 Å². The molecule has 2 aliphatic rings. The van der Waals surface area contributed by atoms with Crippen LogP contribution in [0.5, 0.6) is 0 Å². The summed E-state index contributed by atoms with van der Waals surface area (Å²) in [4.78, 5) is 45.6. The third-order valence-electron chi connectivity index (χ3n) is 7.89. The summed E-state index contributed by atoms with van der Waals surface area (Å²) >= 11 is 9.15. The summed E-state index contributed by atoms with van der Waals surface area (Å²) in [5.74, 6) is 1.41. The third kappa shape index (κ3) is 9.36. The predicted octanol–water partition coefficient (Wildman–Crippen LogP) is 9.15. The minimum Gasteiger partial charge on any atom is -0.382 e. The van der Waals surface area contributed by atoms with Gasteiger partial charge in [-0.1, -0.05) is 17.7 Å².